The van der Waals surface area contributed by atoms with Crippen LogP contribution in [0.3, 0.4) is 0 Å². The standard InChI is InChI=1S/C16H20ClN3O/c1-12(11-21)6-5-9-18-15-10-14(17)19-16(20-15)13-7-3-2-4-8-13/h2-4,7-8,10,12,21H,5-6,9,11H2,1H3,(H,18,19,20). The van der Waals surface area contributed by atoms with Gasteiger partial charge in [-0.25, -0.2) is 9.97 Å². The smallest absolute Gasteiger partial charge is 0.163 e. The maximum absolute atomic E-state index is 8.99. The van der Waals surface area contributed by atoms with Gasteiger partial charge in [0, 0.05) is 24.8 Å². The number of anilines is 1. The second-order valence-electron chi connectivity index (χ2n) is 5.12. The van der Waals surface area contributed by atoms with E-state index in [0.717, 1.165) is 30.8 Å². The molecule has 0 radical (unpaired) electrons. The van der Waals surface area contributed by atoms with E-state index in [1.165, 1.54) is 0 Å². The van der Waals surface area contributed by atoms with Gasteiger partial charge < -0.3 is 10.4 Å². The molecule has 1 atom stereocenters. The van der Waals surface area contributed by atoms with Gasteiger partial charge >= 0.3 is 0 Å². The van der Waals surface area contributed by atoms with Gasteiger partial charge in [-0.3, -0.25) is 0 Å². The zero-order valence-corrected chi connectivity index (χ0v) is 12.8. The molecule has 0 aliphatic rings. The minimum absolute atomic E-state index is 0.234. The predicted octanol–water partition coefficient (Wildman–Crippen LogP) is 3.62. The lowest BCUT2D eigenvalue weighted by molar-refractivity contribution is 0.229. The molecule has 5 heteroatoms. The number of aromatic nitrogens is 2. The highest BCUT2D eigenvalue weighted by Crippen LogP contribution is 2.20. The first-order chi connectivity index (χ1) is 10.2. The van der Waals surface area contributed by atoms with Gasteiger partial charge in [-0.2, -0.15) is 0 Å². The van der Waals surface area contributed by atoms with Crippen LogP contribution in [-0.2, 0) is 0 Å². The Bertz CT molecular complexity index is 563. The molecule has 1 unspecified atom stereocenters. The summed E-state index contributed by atoms with van der Waals surface area (Å²) in [6.45, 7) is 3.07. The van der Waals surface area contributed by atoms with Crippen molar-refractivity contribution < 1.29 is 5.11 Å². The number of benzene rings is 1. The fraction of sp³-hybridized carbons (Fsp3) is 0.375. The van der Waals surface area contributed by atoms with Gasteiger partial charge in [-0.15, -0.1) is 0 Å². The zero-order valence-electron chi connectivity index (χ0n) is 12.1. The number of nitrogens with zero attached hydrogens (tertiary/aromatic N) is 2. The third-order valence-corrected chi connectivity index (χ3v) is 3.41. The lowest BCUT2D eigenvalue weighted by atomic mass is 10.1. The lowest BCUT2D eigenvalue weighted by Crippen LogP contribution is -2.08. The van der Waals surface area contributed by atoms with Crippen molar-refractivity contribution >= 4 is 17.4 Å². The number of aliphatic hydroxyl groups is 1. The minimum atomic E-state index is 0.234. The summed E-state index contributed by atoms with van der Waals surface area (Å²) in [5.41, 5.74) is 0.942. The van der Waals surface area contributed by atoms with Crippen LogP contribution in [0.15, 0.2) is 36.4 Å². The Kier molecular flexibility index (Phi) is 5.96. The summed E-state index contributed by atoms with van der Waals surface area (Å²) in [6, 6.07) is 11.5. The molecule has 0 aliphatic carbocycles. The third-order valence-electron chi connectivity index (χ3n) is 3.22. The van der Waals surface area contributed by atoms with Gasteiger partial charge in [0.1, 0.15) is 11.0 Å². The van der Waals surface area contributed by atoms with E-state index < -0.39 is 0 Å². The number of halogens is 1. The molecule has 0 bridgehead atoms. The fourth-order valence-corrected chi connectivity index (χ4v) is 2.17. The number of hydrogen-bond acceptors (Lipinski definition) is 4. The van der Waals surface area contributed by atoms with Crippen LogP contribution in [0.5, 0.6) is 0 Å². The van der Waals surface area contributed by atoms with Crippen LogP contribution < -0.4 is 5.32 Å². The molecule has 0 aliphatic heterocycles. The van der Waals surface area contributed by atoms with Crippen LogP contribution in [0.4, 0.5) is 5.82 Å². The van der Waals surface area contributed by atoms with E-state index in [0.29, 0.717) is 16.9 Å². The summed E-state index contributed by atoms with van der Waals surface area (Å²) in [6.07, 6.45) is 1.96. The van der Waals surface area contributed by atoms with E-state index >= 15 is 0 Å². The van der Waals surface area contributed by atoms with E-state index in [1.807, 2.05) is 37.3 Å². The van der Waals surface area contributed by atoms with Crippen molar-refractivity contribution in [2.75, 3.05) is 18.5 Å². The molecule has 2 aromatic rings. The average Bonchev–Trinajstić information content (AvgIpc) is 2.51. The van der Waals surface area contributed by atoms with E-state index in [9.17, 15) is 0 Å². The number of rotatable bonds is 7. The van der Waals surface area contributed by atoms with E-state index in [4.69, 9.17) is 16.7 Å². The van der Waals surface area contributed by atoms with Crippen LogP contribution in [0.25, 0.3) is 11.4 Å². The van der Waals surface area contributed by atoms with Crippen molar-refractivity contribution in [1.29, 1.82) is 0 Å². The molecule has 112 valence electrons. The van der Waals surface area contributed by atoms with Gasteiger partial charge in [0.2, 0.25) is 0 Å². The van der Waals surface area contributed by atoms with Gasteiger partial charge in [-0.1, -0.05) is 48.9 Å². The van der Waals surface area contributed by atoms with Crippen LogP contribution in [0, 0.1) is 5.92 Å². The summed E-state index contributed by atoms with van der Waals surface area (Å²) in [4.78, 5) is 8.74. The molecule has 2 N–H and O–H groups in total. The first kappa shape index (κ1) is 15.7. The maximum atomic E-state index is 8.99. The van der Waals surface area contributed by atoms with Crippen molar-refractivity contribution in [1.82, 2.24) is 9.97 Å². The summed E-state index contributed by atoms with van der Waals surface area (Å²) in [5, 5.41) is 12.7. The van der Waals surface area contributed by atoms with E-state index in [-0.39, 0.29) is 6.61 Å². The van der Waals surface area contributed by atoms with E-state index in [2.05, 4.69) is 15.3 Å². The Labute approximate surface area is 130 Å². The van der Waals surface area contributed by atoms with Gasteiger partial charge in [0.05, 0.1) is 0 Å². The minimum Gasteiger partial charge on any atom is -0.396 e. The SMILES string of the molecule is CC(CO)CCCNc1cc(Cl)nc(-c2ccccc2)n1. The molecule has 1 aromatic heterocycles. The van der Waals surface area contributed by atoms with Crippen LogP contribution in [0.2, 0.25) is 5.15 Å². The molecule has 1 aromatic carbocycles. The van der Waals surface area contributed by atoms with Gasteiger partial charge in [-0.05, 0) is 18.8 Å². The zero-order chi connectivity index (χ0) is 15.1. The van der Waals surface area contributed by atoms with Crippen molar-refractivity contribution in [2.24, 2.45) is 5.92 Å². The monoisotopic (exact) mass is 305 g/mol. The molecule has 2 rings (SSSR count). The first-order valence-electron chi connectivity index (χ1n) is 7.14. The molecular weight excluding hydrogens is 286 g/mol. The largest absolute Gasteiger partial charge is 0.396 e. The second-order valence-corrected chi connectivity index (χ2v) is 5.51. The summed E-state index contributed by atoms with van der Waals surface area (Å²) in [5.74, 6) is 1.68. The summed E-state index contributed by atoms with van der Waals surface area (Å²) < 4.78 is 0. The lowest BCUT2D eigenvalue weighted by Gasteiger charge is -2.10. The molecule has 0 saturated heterocycles. The highest BCUT2D eigenvalue weighted by Gasteiger charge is 2.05. The quantitative estimate of drug-likeness (QED) is 0.606. The Morgan fingerprint density at radius 1 is 1.24 bits per heavy atom. The normalized spacial score (nSPS) is 12.1. The molecular formula is C16H20ClN3O. The van der Waals surface area contributed by atoms with Crippen LogP contribution in [-0.4, -0.2) is 28.2 Å². The third kappa shape index (κ3) is 4.99. The second kappa shape index (κ2) is 7.96. The molecule has 0 spiro atoms. The van der Waals surface area contributed by atoms with Crippen molar-refractivity contribution in [3.8, 4) is 11.4 Å². The summed E-state index contributed by atoms with van der Waals surface area (Å²) >= 11 is 6.06. The predicted molar refractivity (Wildman–Crippen MR) is 86.5 cm³/mol. The highest BCUT2D eigenvalue weighted by atomic mass is 35.5. The summed E-state index contributed by atoms with van der Waals surface area (Å²) in [7, 11) is 0. The van der Waals surface area contributed by atoms with Crippen molar-refractivity contribution in [3.05, 3.63) is 41.6 Å². The molecule has 0 amide bonds. The maximum Gasteiger partial charge on any atom is 0.163 e. The number of aliphatic hydroxyl groups excluding tert-OH is 1. The van der Waals surface area contributed by atoms with Crippen LogP contribution in [0.1, 0.15) is 19.8 Å². The fourth-order valence-electron chi connectivity index (χ4n) is 1.98. The molecule has 21 heavy (non-hydrogen) atoms. The molecule has 1 heterocycles. The van der Waals surface area contributed by atoms with Gasteiger partial charge in [0.15, 0.2) is 5.82 Å². The Morgan fingerprint density at radius 2 is 2.00 bits per heavy atom. The van der Waals surface area contributed by atoms with Crippen LogP contribution >= 0.6 is 11.6 Å². The Morgan fingerprint density at radius 3 is 2.71 bits per heavy atom. The molecule has 4 nitrogen and oxygen atoms in total. The van der Waals surface area contributed by atoms with E-state index in [1.54, 1.807) is 6.07 Å². The Hall–Kier alpha value is -1.65. The number of hydrogen-bond donors (Lipinski definition) is 2. The first-order valence-corrected chi connectivity index (χ1v) is 7.51. The topological polar surface area (TPSA) is 58.0 Å². The number of nitrogens with one attached hydrogen (secondary N) is 1. The highest BCUT2D eigenvalue weighted by molar-refractivity contribution is 6.29. The molecule has 0 fully saturated rings. The van der Waals surface area contributed by atoms with Crippen molar-refractivity contribution in [3.63, 3.8) is 0 Å². The Balaban J connectivity index is 1.99. The average molecular weight is 306 g/mol. The van der Waals surface area contributed by atoms with Crippen molar-refractivity contribution in [2.45, 2.75) is 19.8 Å². The molecule has 0 saturated carbocycles. The van der Waals surface area contributed by atoms with Gasteiger partial charge in [0.25, 0.3) is 0 Å².